The van der Waals surface area contributed by atoms with Crippen LogP contribution >= 0.6 is 0 Å². The number of nitrogens with zero attached hydrogens (tertiary/aromatic N) is 4. The third-order valence-electron chi connectivity index (χ3n) is 2.63. The maximum Gasteiger partial charge on any atom is 0.146 e. The largest absolute Gasteiger partial charge is 0.338 e. The maximum atomic E-state index is 9.10. The van der Waals surface area contributed by atoms with Crippen LogP contribution in [0.5, 0.6) is 0 Å². The smallest absolute Gasteiger partial charge is 0.146 e. The van der Waals surface area contributed by atoms with E-state index in [0.29, 0.717) is 11.4 Å². The minimum Gasteiger partial charge on any atom is -0.338 e. The van der Waals surface area contributed by atoms with Crippen molar-refractivity contribution in [3.63, 3.8) is 0 Å². The molecule has 0 radical (unpaired) electrons. The standard InChI is InChI=1S/C12H13N5/c1-8-4-5-14-7-11(8)15-12-10(6-13)9(2)16-17(12)3/h4-5,7,15H,1-3H3. The fourth-order valence-corrected chi connectivity index (χ4v) is 1.66. The van der Waals surface area contributed by atoms with Crippen LogP contribution < -0.4 is 5.32 Å². The van der Waals surface area contributed by atoms with E-state index < -0.39 is 0 Å². The molecule has 0 aliphatic carbocycles. The molecule has 2 aromatic heterocycles. The van der Waals surface area contributed by atoms with Crippen LogP contribution in [0, 0.1) is 25.2 Å². The summed E-state index contributed by atoms with van der Waals surface area (Å²) < 4.78 is 1.67. The van der Waals surface area contributed by atoms with Gasteiger partial charge in [-0.25, -0.2) is 0 Å². The van der Waals surface area contributed by atoms with Gasteiger partial charge in [0.15, 0.2) is 0 Å². The molecule has 0 saturated heterocycles. The summed E-state index contributed by atoms with van der Waals surface area (Å²) in [6.45, 7) is 3.80. The van der Waals surface area contributed by atoms with E-state index in [0.717, 1.165) is 16.9 Å². The van der Waals surface area contributed by atoms with Gasteiger partial charge in [-0.05, 0) is 25.5 Å². The molecule has 0 spiro atoms. The van der Waals surface area contributed by atoms with Gasteiger partial charge in [-0.2, -0.15) is 10.4 Å². The highest BCUT2D eigenvalue weighted by Crippen LogP contribution is 2.23. The number of hydrogen-bond acceptors (Lipinski definition) is 4. The summed E-state index contributed by atoms with van der Waals surface area (Å²) in [5, 5.41) is 16.5. The Hall–Kier alpha value is -2.35. The van der Waals surface area contributed by atoms with Crippen LogP contribution in [0.4, 0.5) is 11.5 Å². The summed E-state index contributed by atoms with van der Waals surface area (Å²) in [6.07, 6.45) is 3.47. The molecule has 2 aromatic rings. The van der Waals surface area contributed by atoms with Crippen LogP contribution in [-0.4, -0.2) is 14.8 Å². The Morgan fingerprint density at radius 3 is 2.82 bits per heavy atom. The van der Waals surface area contributed by atoms with Crippen LogP contribution in [0.15, 0.2) is 18.5 Å². The van der Waals surface area contributed by atoms with Crippen molar-refractivity contribution in [3.05, 3.63) is 35.3 Å². The number of aryl methyl sites for hydroxylation is 3. The van der Waals surface area contributed by atoms with E-state index >= 15 is 0 Å². The molecule has 0 fully saturated rings. The lowest BCUT2D eigenvalue weighted by atomic mass is 10.2. The van der Waals surface area contributed by atoms with Crippen molar-refractivity contribution in [2.75, 3.05) is 5.32 Å². The van der Waals surface area contributed by atoms with E-state index in [9.17, 15) is 0 Å². The van der Waals surface area contributed by atoms with Crippen molar-refractivity contribution in [2.45, 2.75) is 13.8 Å². The first-order chi connectivity index (χ1) is 8.13. The lowest BCUT2D eigenvalue weighted by molar-refractivity contribution is 0.764. The summed E-state index contributed by atoms with van der Waals surface area (Å²) in [5.74, 6) is 0.695. The summed E-state index contributed by atoms with van der Waals surface area (Å²) >= 11 is 0. The molecule has 5 nitrogen and oxygen atoms in total. The quantitative estimate of drug-likeness (QED) is 0.852. The molecule has 5 heteroatoms. The molecule has 2 heterocycles. The molecular formula is C12H13N5. The number of anilines is 2. The van der Waals surface area contributed by atoms with Crippen LogP contribution in [0.1, 0.15) is 16.8 Å². The average Bonchev–Trinajstić information content (AvgIpc) is 2.56. The Morgan fingerprint density at radius 1 is 1.41 bits per heavy atom. The maximum absolute atomic E-state index is 9.10. The topological polar surface area (TPSA) is 66.5 Å². The third kappa shape index (κ3) is 1.97. The second kappa shape index (κ2) is 4.26. The van der Waals surface area contributed by atoms with Crippen molar-refractivity contribution >= 4 is 11.5 Å². The number of hydrogen-bond donors (Lipinski definition) is 1. The summed E-state index contributed by atoms with van der Waals surface area (Å²) in [7, 11) is 1.81. The first-order valence-electron chi connectivity index (χ1n) is 5.25. The first-order valence-corrected chi connectivity index (χ1v) is 5.25. The van der Waals surface area contributed by atoms with E-state index in [-0.39, 0.29) is 0 Å². The van der Waals surface area contributed by atoms with Gasteiger partial charge in [-0.1, -0.05) is 0 Å². The Morgan fingerprint density at radius 2 is 2.18 bits per heavy atom. The second-order valence-corrected chi connectivity index (χ2v) is 3.86. The zero-order valence-electron chi connectivity index (χ0n) is 10.0. The zero-order chi connectivity index (χ0) is 12.4. The molecule has 17 heavy (non-hydrogen) atoms. The highest BCUT2D eigenvalue weighted by atomic mass is 15.3. The zero-order valence-corrected chi connectivity index (χ0v) is 10.0. The van der Waals surface area contributed by atoms with Gasteiger partial charge in [0.05, 0.1) is 17.6 Å². The molecule has 0 amide bonds. The molecule has 1 N–H and O–H groups in total. The number of aromatic nitrogens is 3. The number of nitriles is 1. The van der Waals surface area contributed by atoms with Crippen molar-refractivity contribution in [1.29, 1.82) is 5.26 Å². The summed E-state index contributed by atoms with van der Waals surface area (Å²) in [6, 6.07) is 4.07. The Kier molecular flexibility index (Phi) is 2.79. The predicted molar refractivity (Wildman–Crippen MR) is 64.9 cm³/mol. The number of pyridine rings is 1. The molecule has 0 unspecified atom stereocenters. The molecular weight excluding hydrogens is 214 g/mol. The van der Waals surface area contributed by atoms with Crippen molar-refractivity contribution in [1.82, 2.24) is 14.8 Å². The van der Waals surface area contributed by atoms with Crippen molar-refractivity contribution < 1.29 is 0 Å². The Labute approximate surface area is 99.7 Å². The van der Waals surface area contributed by atoms with Gasteiger partial charge < -0.3 is 5.32 Å². The van der Waals surface area contributed by atoms with Gasteiger partial charge >= 0.3 is 0 Å². The lowest BCUT2D eigenvalue weighted by Crippen LogP contribution is -2.02. The summed E-state index contributed by atoms with van der Waals surface area (Å²) in [5.41, 5.74) is 3.24. The van der Waals surface area contributed by atoms with Gasteiger partial charge in [-0.3, -0.25) is 9.67 Å². The van der Waals surface area contributed by atoms with Crippen LogP contribution in [0.25, 0.3) is 0 Å². The molecule has 0 atom stereocenters. The van der Waals surface area contributed by atoms with Gasteiger partial charge in [0.2, 0.25) is 0 Å². The molecule has 0 saturated carbocycles. The second-order valence-electron chi connectivity index (χ2n) is 3.86. The lowest BCUT2D eigenvalue weighted by Gasteiger charge is -2.08. The van der Waals surface area contributed by atoms with E-state index in [1.54, 1.807) is 17.1 Å². The van der Waals surface area contributed by atoms with Gasteiger partial charge in [-0.15, -0.1) is 0 Å². The molecule has 2 rings (SSSR count). The monoisotopic (exact) mass is 227 g/mol. The highest BCUT2D eigenvalue weighted by molar-refractivity contribution is 5.65. The molecule has 0 bridgehead atoms. The third-order valence-corrected chi connectivity index (χ3v) is 2.63. The Balaban J connectivity index is 2.44. The van der Waals surface area contributed by atoms with Crippen molar-refractivity contribution in [2.24, 2.45) is 7.05 Å². The fraction of sp³-hybridized carbons (Fsp3) is 0.250. The minimum absolute atomic E-state index is 0.566. The van der Waals surface area contributed by atoms with Gasteiger partial charge in [0.1, 0.15) is 17.5 Å². The van der Waals surface area contributed by atoms with Crippen LogP contribution in [0.3, 0.4) is 0 Å². The first kappa shape index (κ1) is 11.1. The van der Waals surface area contributed by atoms with Crippen LogP contribution in [-0.2, 0) is 7.05 Å². The SMILES string of the molecule is Cc1ccncc1Nc1c(C#N)c(C)nn1C. The predicted octanol–water partition coefficient (Wildman–Crippen LogP) is 2.05. The molecule has 0 aliphatic heterocycles. The van der Waals surface area contributed by atoms with E-state index in [4.69, 9.17) is 5.26 Å². The van der Waals surface area contributed by atoms with Crippen LogP contribution in [0.2, 0.25) is 0 Å². The normalized spacial score (nSPS) is 10.0. The molecule has 0 aliphatic rings. The van der Waals surface area contributed by atoms with E-state index in [2.05, 4.69) is 21.5 Å². The van der Waals surface area contributed by atoms with E-state index in [1.165, 1.54) is 0 Å². The number of rotatable bonds is 2. The minimum atomic E-state index is 0.566. The van der Waals surface area contributed by atoms with E-state index in [1.807, 2.05) is 27.0 Å². The molecule has 86 valence electrons. The van der Waals surface area contributed by atoms with Crippen molar-refractivity contribution in [3.8, 4) is 6.07 Å². The number of nitrogens with one attached hydrogen (secondary N) is 1. The highest BCUT2D eigenvalue weighted by Gasteiger charge is 2.13. The fourth-order valence-electron chi connectivity index (χ4n) is 1.66. The summed E-state index contributed by atoms with van der Waals surface area (Å²) in [4.78, 5) is 4.06. The Bertz CT molecular complexity index is 591. The van der Waals surface area contributed by atoms with Gasteiger partial charge in [0, 0.05) is 13.2 Å². The average molecular weight is 227 g/mol. The van der Waals surface area contributed by atoms with Gasteiger partial charge in [0.25, 0.3) is 0 Å². The molecule has 0 aromatic carbocycles.